The van der Waals surface area contributed by atoms with Crippen LogP contribution in [0.3, 0.4) is 0 Å². The standard InChI is InChI=1S/C13H20N4O2/c1-2-19-11-4-3-7-17(9-11)10-5-6-12(15-8-10)13(14)16-18/h5-6,8,11,18H,2-4,7,9H2,1H3,(H2,14,16). The van der Waals surface area contributed by atoms with Crippen molar-refractivity contribution in [2.24, 2.45) is 10.9 Å². The maximum atomic E-state index is 8.60. The van der Waals surface area contributed by atoms with Crippen LogP contribution in [0.15, 0.2) is 23.5 Å². The lowest BCUT2D eigenvalue weighted by Crippen LogP contribution is -2.39. The van der Waals surface area contributed by atoms with E-state index in [0.717, 1.165) is 38.2 Å². The highest BCUT2D eigenvalue weighted by Crippen LogP contribution is 2.20. The molecule has 1 fully saturated rings. The van der Waals surface area contributed by atoms with E-state index in [4.69, 9.17) is 15.7 Å². The first-order chi connectivity index (χ1) is 9.24. The number of aromatic nitrogens is 1. The first-order valence-corrected chi connectivity index (χ1v) is 6.55. The number of piperidine rings is 1. The van der Waals surface area contributed by atoms with Gasteiger partial charge in [0, 0.05) is 19.7 Å². The van der Waals surface area contributed by atoms with Crippen LogP contribution in [0.2, 0.25) is 0 Å². The van der Waals surface area contributed by atoms with Crippen molar-refractivity contribution in [2.45, 2.75) is 25.9 Å². The van der Waals surface area contributed by atoms with Gasteiger partial charge in [-0.05, 0) is 31.9 Å². The van der Waals surface area contributed by atoms with E-state index < -0.39 is 0 Å². The number of hydrogen-bond donors (Lipinski definition) is 2. The summed E-state index contributed by atoms with van der Waals surface area (Å²) in [5.74, 6) is 0.0254. The quantitative estimate of drug-likeness (QED) is 0.369. The Morgan fingerprint density at radius 1 is 1.63 bits per heavy atom. The largest absolute Gasteiger partial charge is 0.409 e. The van der Waals surface area contributed by atoms with Gasteiger partial charge < -0.3 is 20.6 Å². The third-order valence-electron chi connectivity index (χ3n) is 3.26. The molecule has 1 aliphatic heterocycles. The summed E-state index contributed by atoms with van der Waals surface area (Å²) in [6, 6.07) is 3.70. The molecule has 19 heavy (non-hydrogen) atoms. The summed E-state index contributed by atoms with van der Waals surface area (Å²) in [6.45, 7) is 4.66. The third kappa shape index (κ3) is 3.35. The normalized spacial score (nSPS) is 20.6. The fraction of sp³-hybridized carbons (Fsp3) is 0.538. The number of nitrogens with two attached hydrogens (primary N) is 1. The van der Waals surface area contributed by atoms with Gasteiger partial charge in [0.25, 0.3) is 0 Å². The summed E-state index contributed by atoms with van der Waals surface area (Å²) in [6.07, 6.45) is 4.27. The van der Waals surface area contributed by atoms with Crippen molar-refractivity contribution in [3.8, 4) is 0 Å². The second-order valence-corrected chi connectivity index (χ2v) is 4.55. The summed E-state index contributed by atoms with van der Waals surface area (Å²) in [7, 11) is 0. The van der Waals surface area contributed by atoms with Crippen LogP contribution < -0.4 is 10.6 Å². The van der Waals surface area contributed by atoms with E-state index in [9.17, 15) is 0 Å². The van der Waals surface area contributed by atoms with Crippen LogP contribution in [0.1, 0.15) is 25.5 Å². The van der Waals surface area contributed by atoms with Gasteiger partial charge in [-0.25, -0.2) is 0 Å². The Balaban J connectivity index is 2.05. The Labute approximate surface area is 112 Å². The Bertz CT molecular complexity index is 431. The average Bonchev–Trinajstić information content (AvgIpc) is 2.47. The molecule has 2 rings (SSSR count). The fourth-order valence-corrected chi connectivity index (χ4v) is 2.32. The number of pyridine rings is 1. The summed E-state index contributed by atoms with van der Waals surface area (Å²) >= 11 is 0. The molecule has 0 spiro atoms. The van der Waals surface area contributed by atoms with Gasteiger partial charge in [-0.15, -0.1) is 0 Å². The predicted molar refractivity (Wildman–Crippen MR) is 73.6 cm³/mol. The van der Waals surface area contributed by atoms with Crippen molar-refractivity contribution in [3.63, 3.8) is 0 Å². The zero-order valence-corrected chi connectivity index (χ0v) is 11.1. The van der Waals surface area contributed by atoms with Gasteiger partial charge in [0.2, 0.25) is 0 Å². The molecule has 6 nitrogen and oxygen atoms in total. The van der Waals surface area contributed by atoms with Gasteiger partial charge in [0.1, 0.15) is 5.69 Å². The first kappa shape index (κ1) is 13.6. The van der Waals surface area contributed by atoms with Gasteiger partial charge in [-0.3, -0.25) is 4.98 Å². The molecule has 1 aromatic heterocycles. The Morgan fingerprint density at radius 3 is 3.11 bits per heavy atom. The second-order valence-electron chi connectivity index (χ2n) is 4.55. The lowest BCUT2D eigenvalue weighted by Gasteiger charge is -2.33. The molecular weight excluding hydrogens is 244 g/mol. The second kappa shape index (κ2) is 6.38. The van der Waals surface area contributed by atoms with E-state index in [-0.39, 0.29) is 5.84 Å². The molecule has 0 aromatic carbocycles. The Kier molecular flexibility index (Phi) is 4.57. The Morgan fingerprint density at radius 2 is 2.47 bits per heavy atom. The Hall–Kier alpha value is -1.82. The molecule has 0 saturated carbocycles. The maximum Gasteiger partial charge on any atom is 0.188 e. The summed E-state index contributed by atoms with van der Waals surface area (Å²) in [5.41, 5.74) is 7.01. The van der Waals surface area contributed by atoms with E-state index in [1.807, 2.05) is 13.0 Å². The summed E-state index contributed by atoms with van der Waals surface area (Å²) < 4.78 is 5.68. The van der Waals surface area contributed by atoms with E-state index in [1.54, 1.807) is 12.3 Å². The van der Waals surface area contributed by atoms with Crippen LogP contribution in [0.4, 0.5) is 5.69 Å². The molecule has 0 radical (unpaired) electrons. The van der Waals surface area contributed by atoms with E-state index in [0.29, 0.717) is 11.8 Å². The zero-order chi connectivity index (χ0) is 13.7. The molecule has 104 valence electrons. The summed E-state index contributed by atoms with van der Waals surface area (Å²) in [5, 5.41) is 11.5. The van der Waals surface area contributed by atoms with Crippen molar-refractivity contribution in [1.82, 2.24) is 4.98 Å². The van der Waals surface area contributed by atoms with Gasteiger partial charge in [0.15, 0.2) is 5.84 Å². The minimum atomic E-state index is 0.0254. The van der Waals surface area contributed by atoms with Crippen LogP contribution in [0.5, 0.6) is 0 Å². The predicted octanol–water partition coefficient (Wildman–Crippen LogP) is 1.18. The van der Waals surface area contributed by atoms with Crippen molar-refractivity contribution in [2.75, 3.05) is 24.6 Å². The molecule has 3 N–H and O–H groups in total. The summed E-state index contributed by atoms with van der Waals surface area (Å²) in [4.78, 5) is 6.45. The number of hydrogen-bond acceptors (Lipinski definition) is 5. The number of amidine groups is 1. The number of rotatable bonds is 4. The average molecular weight is 264 g/mol. The van der Waals surface area contributed by atoms with Crippen LogP contribution in [-0.4, -0.2) is 41.8 Å². The van der Waals surface area contributed by atoms with Gasteiger partial charge >= 0.3 is 0 Å². The smallest absolute Gasteiger partial charge is 0.188 e. The molecule has 1 unspecified atom stereocenters. The number of ether oxygens (including phenoxy) is 1. The molecule has 6 heteroatoms. The van der Waals surface area contributed by atoms with Gasteiger partial charge in [0.05, 0.1) is 18.0 Å². The highest BCUT2D eigenvalue weighted by molar-refractivity contribution is 5.95. The third-order valence-corrected chi connectivity index (χ3v) is 3.26. The minimum Gasteiger partial charge on any atom is -0.409 e. The van der Waals surface area contributed by atoms with Crippen molar-refractivity contribution in [1.29, 1.82) is 0 Å². The highest BCUT2D eigenvalue weighted by atomic mass is 16.5. The van der Waals surface area contributed by atoms with Crippen LogP contribution in [-0.2, 0) is 4.74 Å². The molecule has 0 aliphatic carbocycles. The minimum absolute atomic E-state index is 0.0254. The zero-order valence-electron chi connectivity index (χ0n) is 11.1. The van der Waals surface area contributed by atoms with Crippen LogP contribution in [0, 0.1) is 0 Å². The topological polar surface area (TPSA) is 84.0 Å². The molecule has 1 aromatic rings. The molecule has 0 amide bonds. The lowest BCUT2D eigenvalue weighted by molar-refractivity contribution is 0.0526. The molecule has 1 aliphatic rings. The fourth-order valence-electron chi connectivity index (χ4n) is 2.32. The number of oxime groups is 1. The number of nitrogens with zero attached hydrogens (tertiary/aromatic N) is 3. The molecule has 2 heterocycles. The molecular formula is C13H20N4O2. The van der Waals surface area contributed by atoms with Crippen molar-refractivity contribution in [3.05, 3.63) is 24.0 Å². The van der Waals surface area contributed by atoms with Crippen LogP contribution in [0.25, 0.3) is 0 Å². The van der Waals surface area contributed by atoms with Gasteiger partial charge in [-0.2, -0.15) is 0 Å². The number of anilines is 1. The monoisotopic (exact) mass is 264 g/mol. The van der Waals surface area contributed by atoms with E-state index in [1.165, 1.54) is 0 Å². The maximum absolute atomic E-state index is 8.60. The van der Waals surface area contributed by atoms with E-state index >= 15 is 0 Å². The first-order valence-electron chi connectivity index (χ1n) is 6.55. The van der Waals surface area contributed by atoms with Crippen molar-refractivity contribution < 1.29 is 9.94 Å². The highest BCUT2D eigenvalue weighted by Gasteiger charge is 2.20. The molecule has 0 bridgehead atoms. The molecule has 1 saturated heterocycles. The van der Waals surface area contributed by atoms with Gasteiger partial charge in [-0.1, -0.05) is 5.16 Å². The van der Waals surface area contributed by atoms with Crippen molar-refractivity contribution >= 4 is 11.5 Å². The van der Waals surface area contributed by atoms with Crippen LogP contribution >= 0.6 is 0 Å². The SMILES string of the molecule is CCOC1CCCN(c2ccc(/C(N)=N/O)nc2)C1. The molecule has 1 atom stereocenters. The van der Waals surface area contributed by atoms with E-state index in [2.05, 4.69) is 15.0 Å². The lowest BCUT2D eigenvalue weighted by atomic mass is 10.1.